The van der Waals surface area contributed by atoms with Gasteiger partial charge in [0.1, 0.15) is 12.1 Å². The van der Waals surface area contributed by atoms with E-state index in [0.717, 1.165) is 84.0 Å². The van der Waals surface area contributed by atoms with Crippen LogP contribution in [0.2, 0.25) is 0 Å². The molecule has 2 rings (SSSR count). The first kappa shape index (κ1) is 20.2. The lowest BCUT2D eigenvalue weighted by atomic mass is 10.2. The third-order valence-corrected chi connectivity index (χ3v) is 5.42. The van der Waals surface area contributed by atoms with E-state index in [1.807, 2.05) is 0 Å². The maximum absolute atomic E-state index is 12.2. The maximum Gasteiger partial charge on any atom is 0.323 e. The number of rotatable bonds is 11. The highest BCUT2D eigenvalue weighted by Crippen LogP contribution is 2.20. The third kappa shape index (κ3) is 6.26. The molecule has 2 heterocycles. The number of carboxylic acids is 1. The number of aliphatic carboxylic acids is 1. The molecular formula is C19H34N2O4. The monoisotopic (exact) mass is 354 g/mol. The van der Waals surface area contributed by atoms with Gasteiger partial charge in [0.05, 0.1) is 6.61 Å². The molecule has 2 aliphatic heterocycles. The smallest absolute Gasteiger partial charge is 0.323 e. The lowest BCUT2D eigenvalue weighted by Gasteiger charge is -2.22. The molecule has 1 N–H and O–H groups in total. The first-order valence-corrected chi connectivity index (χ1v) is 10.0. The van der Waals surface area contributed by atoms with E-state index in [-0.39, 0.29) is 18.1 Å². The number of likely N-dealkylation sites (tertiary alicyclic amines) is 2. The third-order valence-electron chi connectivity index (χ3n) is 5.42. The van der Waals surface area contributed by atoms with Crippen molar-refractivity contribution in [3.63, 3.8) is 0 Å². The van der Waals surface area contributed by atoms with Crippen LogP contribution >= 0.6 is 0 Å². The predicted octanol–water partition coefficient (Wildman–Crippen LogP) is 2.51. The number of carbonyl (C=O) groups is 2. The average molecular weight is 354 g/mol. The van der Waals surface area contributed by atoms with Gasteiger partial charge in [-0.3, -0.25) is 19.4 Å². The Bertz CT molecular complexity index is 430. The molecule has 0 aliphatic carbocycles. The van der Waals surface area contributed by atoms with Crippen molar-refractivity contribution in [1.82, 2.24) is 9.80 Å². The van der Waals surface area contributed by atoms with Crippen LogP contribution in [-0.2, 0) is 14.3 Å². The van der Waals surface area contributed by atoms with Crippen LogP contribution in [0.25, 0.3) is 0 Å². The van der Waals surface area contributed by atoms with Gasteiger partial charge in [0.15, 0.2) is 0 Å². The zero-order valence-electron chi connectivity index (χ0n) is 15.6. The minimum atomic E-state index is -0.698. The van der Waals surface area contributed by atoms with Gasteiger partial charge < -0.3 is 9.84 Å². The zero-order valence-corrected chi connectivity index (χ0v) is 15.6. The number of carboxylic acid groups (broad SMARTS) is 1. The van der Waals surface area contributed by atoms with Crippen LogP contribution in [0.1, 0.15) is 64.7 Å². The summed E-state index contributed by atoms with van der Waals surface area (Å²) in [7, 11) is 0. The summed E-state index contributed by atoms with van der Waals surface area (Å²) in [6, 6.07) is -0.332. The Morgan fingerprint density at radius 1 is 0.960 bits per heavy atom. The molecule has 6 nitrogen and oxygen atoms in total. The minimum absolute atomic E-state index is 0.0347. The van der Waals surface area contributed by atoms with E-state index in [4.69, 9.17) is 9.84 Å². The number of carbonyl (C=O) groups excluding carboxylic acids is 1. The van der Waals surface area contributed by atoms with Gasteiger partial charge >= 0.3 is 11.9 Å². The molecule has 2 saturated heterocycles. The highest BCUT2D eigenvalue weighted by molar-refractivity contribution is 5.76. The second-order valence-electron chi connectivity index (χ2n) is 7.31. The summed E-state index contributed by atoms with van der Waals surface area (Å²) in [5.74, 6) is -0.755. The molecule has 2 unspecified atom stereocenters. The number of hydrogen-bond acceptors (Lipinski definition) is 5. The molecule has 0 bridgehead atoms. The maximum atomic E-state index is 12.2. The quantitative estimate of drug-likeness (QED) is 0.454. The molecule has 0 saturated carbocycles. The lowest BCUT2D eigenvalue weighted by molar-refractivity contribution is -0.149. The molecule has 2 fully saturated rings. The van der Waals surface area contributed by atoms with Crippen LogP contribution < -0.4 is 0 Å². The van der Waals surface area contributed by atoms with Crippen molar-refractivity contribution in [3.05, 3.63) is 0 Å². The van der Waals surface area contributed by atoms with Crippen molar-refractivity contribution in [2.24, 2.45) is 0 Å². The Morgan fingerprint density at radius 3 is 2.28 bits per heavy atom. The first-order valence-electron chi connectivity index (χ1n) is 10.0. The summed E-state index contributed by atoms with van der Waals surface area (Å²) >= 11 is 0. The fraction of sp³-hybridized carbons (Fsp3) is 0.895. The highest BCUT2D eigenvalue weighted by Gasteiger charge is 2.31. The van der Waals surface area contributed by atoms with Crippen molar-refractivity contribution in [2.45, 2.75) is 76.8 Å². The summed E-state index contributed by atoms with van der Waals surface area (Å²) in [4.78, 5) is 27.7. The Balaban J connectivity index is 1.55. The van der Waals surface area contributed by atoms with Gasteiger partial charge in [-0.25, -0.2) is 0 Å². The molecule has 0 spiro atoms. The van der Waals surface area contributed by atoms with E-state index in [1.165, 1.54) is 0 Å². The van der Waals surface area contributed by atoms with Crippen molar-refractivity contribution in [3.8, 4) is 0 Å². The summed E-state index contributed by atoms with van der Waals surface area (Å²) in [5.41, 5.74) is 0. The zero-order chi connectivity index (χ0) is 18.1. The number of hydrogen-bond donors (Lipinski definition) is 1. The van der Waals surface area contributed by atoms with Crippen molar-refractivity contribution < 1.29 is 19.4 Å². The minimum Gasteiger partial charge on any atom is -0.480 e. The number of unbranched alkanes of at least 4 members (excludes halogenated alkanes) is 3. The number of nitrogens with zero attached hydrogens (tertiary/aromatic N) is 2. The summed E-state index contributed by atoms with van der Waals surface area (Å²) < 4.78 is 5.48. The van der Waals surface area contributed by atoms with E-state index in [0.29, 0.717) is 6.61 Å². The molecular weight excluding hydrogens is 320 g/mol. The number of esters is 1. The molecule has 2 atom stereocenters. The lowest BCUT2D eigenvalue weighted by Crippen LogP contribution is -2.38. The normalized spacial score (nSPS) is 24.7. The molecule has 0 radical (unpaired) electrons. The van der Waals surface area contributed by atoms with Crippen LogP contribution in [0.3, 0.4) is 0 Å². The molecule has 2 aliphatic rings. The molecule has 25 heavy (non-hydrogen) atoms. The van der Waals surface area contributed by atoms with E-state index in [1.54, 1.807) is 0 Å². The topological polar surface area (TPSA) is 70.1 Å². The fourth-order valence-electron chi connectivity index (χ4n) is 3.96. The van der Waals surface area contributed by atoms with Crippen molar-refractivity contribution in [1.29, 1.82) is 0 Å². The van der Waals surface area contributed by atoms with Gasteiger partial charge in [-0.05, 0) is 77.5 Å². The van der Waals surface area contributed by atoms with E-state index in [2.05, 4.69) is 16.7 Å². The molecule has 6 heteroatoms. The van der Waals surface area contributed by atoms with Gasteiger partial charge in [-0.15, -0.1) is 0 Å². The Morgan fingerprint density at radius 2 is 1.60 bits per heavy atom. The Kier molecular flexibility index (Phi) is 8.68. The van der Waals surface area contributed by atoms with Gasteiger partial charge in [-0.2, -0.15) is 0 Å². The SMILES string of the molecule is CCCCN1CCCC1C(=O)OCCCCCN1CCCC1C(=O)O. The highest BCUT2D eigenvalue weighted by atomic mass is 16.5. The largest absolute Gasteiger partial charge is 0.480 e. The standard InChI is InChI=1S/C19H34N2O4/c1-2-3-11-21-14-8-10-17(21)19(24)25-15-6-4-5-12-20-13-7-9-16(20)18(22)23/h16-17H,2-15H2,1H3,(H,22,23). The molecule has 0 aromatic rings. The fourth-order valence-corrected chi connectivity index (χ4v) is 3.96. The molecule has 0 amide bonds. The van der Waals surface area contributed by atoms with Crippen LogP contribution in [0.15, 0.2) is 0 Å². The molecule has 144 valence electrons. The summed E-state index contributed by atoms with van der Waals surface area (Å²) in [6.45, 7) is 6.39. The second kappa shape index (κ2) is 10.8. The van der Waals surface area contributed by atoms with Crippen molar-refractivity contribution >= 4 is 11.9 Å². The van der Waals surface area contributed by atoms with Crippen LogP contribution in [-0.4, -0.2) is 71.7 Å². The average Bonchev–Trinajstić information content (AvgIpc) is 3.24. The molecule has 0 aromatic carbocycles. The first-order chi connectivity index (χ1) is 12.1. The van der Waals surface area contributed by atoms with Gasteiger partial charge in [-0.1, -0.05) is 13.3 Å². The van der Waals surface area contributed by atoms with Crippen molar-refractivity contribution in [2.75, 3.05) is 32.8 Å². The van der Waals surface area contributed by atoms with E-state index in [9.17, 15) is 9.59 Å². The van der Waals surface area contributed by atoms with Gasteiger partial charge in [0, 0.05) is 0 Å². The van der Waals surface area contributed by atoms with Crippen LogP contribution in [0.5, 0.6) is 0 Å². The summed E-state index contributed by atoms with van der Waals surface area (Å²) in [6.07, 6.45) is 8.84. The summed E-state index contributed by atoms with van der Waals surface area (Å²) in [5, 5.41) is 9.16. The van der Waals surface area contributed by atoms with E-state index < -0.39 is 5.97 Å². The molecule has 0 aromatic heterocycles. The number of ether oxygens (including phenoxy) is 1. The van der Waals surface area contributed by atoms with Crippen LogP contribution in [0.4, 0.5) is 0 Å². The Labute approximate surface area is 151 Å². The Hall–Kier alpha value is -1.14. The second-order valence-corrected chi connectivity index (χ2v) is 7.31. The van der Waals surface area contributed by atoms with Crippen LogP contribution in [0, 0.1) is 0 Å². The predicted molar refractivity (Wildman–Crippen MR) is 96.5 cm³/mol. The van der Waals surface area contributed by atoms with Gasteiger partial charge in [0.2, 0.25) is 0 Å². The van der Waals surface area contributed by atoms with Gasteiger partial charge in [0.25, 0.3) is 0 Å². The van der Waals surface area contributed by atoms with E-state index >= 15 is 0 Å².